The van der Waals surface area contributed by atoms with Crippen LogP contribution in [0.2, 0.25) is 5.54 Å². The molecule has 0 nitrogen and oxygen atoms in total. The van der Waals surface area contributed by atoms with E-state index in [0.717, 1.165) is 6.42 Å². The average molecular weight is 261 g/mol. The molecule has 2 rings (SSSR count). The van der Waals surface area contributed by atoms with Crippen LogP contribution in [-0.4, -0.2) is 10.2 Å². The van der Waals surface area contributed by atoms with E-state index in [1.54, 1.807) is 5.57 Å². The zero-order valence-corrected chi connectivity index (χ0v) is 12.8. The van der Waals surface area contributed by atoms with Crippen molar-refractivity contribution in [3.05, 3.63) is 47.1 Å². The maximum atomic E-state index is 3.42. The molecule has 2 heteroatoms. The first kappa shape index (κ1) is 14.7. The molecule has 2 aliphatic carbocycles. The first-order chi connectivity index (χ1) is 6.63. The summed E-state index contributed by atoms with van der Waals surface area (Å²) in [6.07, 6.45) is 13.4. The monoisotopic (exact) mass is 260 g/mol. The van der Waals surface area contributed by atoms with E-state index in [1.165, 1.54) is 21.4 Å². The van der Waals surface area contributed by atoms with Gasteiger partial charge in [-0.3, -0.25) is 12.2 Å². The van der Waals surface area contributed by atoms with Crippen LogP contribution >= 0.6 is 0 Å². The van der Waals surface area contributed by atoms with Gasteiger partial charge in [-0.1, -0.05) is 13.8 Å². The van der Waals surface area contributed by atoms with Crippen LogP contribution in [0.4, 0.5) is 0 Å². The van der Waals surface area contributed by atoms with Crippen LogP contribution in [0.25, 0.3) is 0 Å². The van der Waals surface area contributed by atoms with Gasteiger partial charge in [0.2, 0.25) is 0 Å². The first-order valence-electron chi connectivity index (χ1n) is 5.12. The van der Waals surface area contributed by atoms with Gasteiger partial charge in [0.25, 0.3) is 0 Å². The van der Waals surface area contributed by atoms with Crippen molar-refractivity contribution in [2.75, 3.05) is 0 Å². The quantitative estimate of drug-likeness (QED) is 0.464. The van der Waals surface area contributed by atoms with E-state index in [0.29, 0.717) is 5.54 Å². The van der Waals surface area contributed by atoms with Crippen molar-refractivity contribution < 1.29 is 16.5 Å². The van der Waals surface area contributed by atoms with E-state index in [9.17, 15) is 0 Å². The molecule has 1 unspecified atom stereocenters. The average Bonchev–Trinajstić information content (AvgIpc) is 2.78. The Morgan fingerprint density at radius 1 is 1.33 bits per heavy atom. The molecule has 1 atom stereocenters. The van der Waals surface area contributed by atoms with Gasteiger partial charge in [0.1, 0.15) is 0 Å². The molecule has 0 aliphatic heterocycles. The molecule has 0 spiro atoms. The summed E-state index contributed by atoms with van der Waals surface area (Å²) in [5.74, 6) is 0. The fourth-order valence-corrected chi connectivity index (χ4v) is 2.37. The van der Waals surface area contributed by atoms with E-state index in [2.05, 4.69) is 39.0 Å². The largest absolute Gasteiger partial charge is 2.00 e. The second-order valence-electron chi connectivity index (χ2n) is 3.80. The molecular formula is C13H18NiSi. The molecule has 0 N–H and O–H groups in total. The standard InChI is InChI=1S/C8H13Si.C5H5.Ni/c1-5-4-8(9)7(3)6(5)2;1-2-4-5-3-1;/h8H,1-3,9H3;1-3H,4H2;/q2*-1;+2. The van der Waals surface area contributed by atoms with Gasteiger partial charge in [-0.25, -0.2) is 17.7 Å². The van der Waals surface area contributed by atoms with E-state index < -0.39 is 0 Å². The molecular weight excluding hydrogens is 243 g/mol. The smallest absolute Gasteiger partial charge is 0.273 e. The molecule has 0 radical (unpaired) electrons. The van der Waals surface area contributed by atoms with Crippen molar-refractivity contribution in [3.63, 3.8) is 0 Å². The first-order valence-corrected chi connectivity index (χ1v) is 6.28. The predicted molar refractivity (Wildman–Crippen MR) is 66.1 cm³/mol. The summed E-state index contributed by atoms with van der Waals surface area (Å²) in [7, 11) is 1.22. The number of hydrogen-bond donors (Lipinski definition) is 0. The van der Waals surface area contributed by atoms with Crippen molar-refractivity contribution in [1.82, 2.24) is 0 Å². The Kier molecular flexibility index (Phi) is 6.87. The summed E-state index contributed by atoms with van der Waals surface area (Å²) in [6.45, 7) is 6.56. The predicted octanol–water partition coefficient (Wildman–Crippen LogP) is 2.54. The maximum Gasteiger partial charge on any atom is 2.00 e. The van der Waals surface area contributed by atoms with Gasteiger partial charge in [0, 0.05) is 0 Å². The third-order valence-electron chi connectivity index (χ3n) is 2.82. The minimum absolute atomic E-state index is 0. The summed E-state index contributed by atoms with van der Waals surface area (Å²) in [5.41, 5.74) is 5.08. The summed E-state index contributed by atoms with van der Waals surface area (Å²) < 4.78 is 0. The topological polar surface area (TPSA) is 0 Å². The summed E-state index contributed by atoms with van der Waals surface area (Å²) in [4.78, 5) is 0. The van der Waals surface area contributed by atoms with Crippen LogP contribution in [0, 0.1) is 12.2 Å². The summed E-state index contributed by atoms with van der Waals surface area (Å²) >= 11 is 0. The third-order valence-corrected chi connectivity index (χ3v) is 3.98. The molecule has 84 valence electrons. The van der Waals surface area contributed by atoms with Crippen LogP contribution in [0.5, 0.6) is 0 Å². The molecule has 0 aromatic rings. The molecule has 0 aromatic carbocycles. The normalized spacial score (nSPS) is 22.3. The van der Waals surface area contributed by atoms with Gasteiger partial charge < -0.3 is 0 Å². The van der Waals surface area contributed by atoms with Gasteiger partial charge in [0.15, 0.2) is 0 Å². The van der Waals surface area contributed by atoms with Crippen molar-refractivity contribution in [2.45, 2.75) is 32.7 Å². The minimum atomic E-state index is 0. The Bertz CT molecular complexity index is 311. The fraction of sp³-hybridized carbons (Fsp3) is 0.385. The van der Waals surface area contributed by atoms with E-state index >= 15 is 0 Å². The van der Waals surface area contributed by atoms with Crippen molar-refractivity contribution >= 4 is 10.2 Å². The zero-order valence-electron chi connectivity index (χ0n) is 9.83. The van der Waals surface area contributed by atoms with E-state index in [4.69, 9.17) is 0 Å². The summed E-state index contributed by atoms with van der Waals surface area (Å²) in [6, 6.07) is 0. The number of rotatable bonds is 0. The van der Waals surface area contributed by atoms with Crippen molar-refractivity contribution in [2.24, 2.45) is 0 Å². The third kappa shape index (κ3) is 4.36. The number of hydrogen-bond acceptors (Lipinski definition) is 0. The maximum absolute atomic E-state index is 3.42. The Balaban J connectivity index is 0.000000280. The Morgan fingerprint density at radius 2 is 2.00 bits per heavy atom. The fourth-order valence-electron chi connectivity index (χ4n) is 1.50. The molecule has 0 aromatic heterocycles. The zero-order chi connectivity index (χ0) is 10.6. The molecule has 0 amide bonds. The van der Waals surface area contributed by atoms with Gasteiger partial charge in [-0.2, -0.15) is 17.2 Å². The number of allylic oxidation sites excluding steroid dienone is 8. The minimum Gasteiger partial charge on any atom is -0.273 e. The molecule has 15 heavy (non-hydrogen) atoms. The van der Waals surface area contributed by atoms with Crippen LogP contribution in [-0.2, 0) is 16.5 Å². The van der Waals surface area contributed by atoms with Gasteiger partial charge >= 0.3 is 16.5 Å². The molecule has 0 bridgehead atoms. The van der Waals surface area contributed by atoms with Crippen molar-refractivity contribution in [3.8, 4) is 0 Å². The molecule has 0 heterocycles. The van der Waals surface area contributed by atoms with Gasteiger partial charge in [-0.15, -0.1) is 18.9 Å². The van der Waals surface area contributed by atoms with Crippen LogP contribution in [0.3, 0.4) is 0 Å². The molecule has 0 fully saturated rings. The molecule has 0 saturated heterocycles. The van der Waals surface area contributed by atoms with Gasteiger partial charge in [0.05, 0.1) is 0 Å². The SMILES string of the molecule is CC1=[C-]C([SiH3])C(C)=C1C.[C-]1=CC=CC1.[Ni+2]. The van der Waals surface area contributed by atoms with Crippen molar-refractivity contribution in [1.29, 1.82) is 0 Å². The molecule has 2 aliphatic rings. The van der Waals surface area contributed by atoms with E-state index in [1.807, 2.05) is 12.2 Å². The Morgan fingerprint density at radius 3 is 2.13 bits per heavy atom. The van der Waals surface area contributed by atoms with E-state index in [-0.39, 0.29) is 16.5 Å². The Labute approximate surface area is 107 Å². The molecule has 0 saturated carbocycles. The van der Waals surface area contributed by atoms with Crippen LogP contribution in [0.1, 0.15) is 27.2 Å². The van der Waals surface area contributed by atoms with Crippen LogP contribution < -0.4 is 0 Å². The van der Waals surface area contributed by atoms with Crippen LogP contribution in [0.15, 0.2) is 34.9 Å². The second-order valence-corrected chi connectivity index (χ2v) is 4.96. The summed E-state index contributed by atoms with van der Waals surface area (Å²) in [5, 5.41) is 0. The second kappa shape index (κ2) is 7.03. The van der Waals surface area contributed by atoms with Gasteiger partial charge in [-0.05, 0) is 10.2 Å². The Hall–Kier alpha value is -0.330.